The van der Waals surface area contributed by atoms with E-state index < -0.39 is 0 Å². The molecule has 0 spiro atoms. The van der Waals surface area contributed by atoms with Gasteiger partial charge in [0.05, 0.1) is 0 Å². The Morgan fingerprint density at radius 1 is 1.25 bits per heavy atom. The third kappa shape index (κ3) is 4.23. The van der Waals surface area contributed by atoms with Crippen LogP contribution < -0.4 is 4.74 Å². The van der Waals surface area contributed by atoms with Crippen molar-refractivity contribution in [1.29, 1.82) is 0 Å². The summed E-state index contributed by atoms with van der Waals surface area (Å²) in [5, 5.41) is 0. The number of aryl methyl sites for hydroxylation is 1. The minimum Gasteiger partial charge on any atom is -0.426 e. The summed E-state index contributed by atoms with van der Waals surface area (Å²) < 4.78 is 5.21. The van der Waals surface area contributed by atoms with E-state index in [-0.39, 0.29) is 11.9 Å². The van der Waals surface area contributed by atoms with Crippen molar-refractivity contribution in [1.82, 2.24) is 4.90 Å². The van der Waals surface area contributed by atoms with Crippen LogP contribution in [0.25, 0.3) is 6.08 Å². The lowest BCUT2D eigenvalue weighted by molar-refractivity contribution is -0.132. The first-order valence-corrected chi connectivity index (χ1v) is 6.74. The SMILES string of the molecule is CCN(CC)C(=O)/C=C\c1cccc(C)c1OC(C)=O. The van der Waals surface area contributed by atoms with Crippen LogP contribution in [-0.2, 0) is 9.59 Å². The number of esters is 1. The van der Waals surface area contributed by atoms with E-state index in [2.05, 4.69) is 0 Å². The summed E-state index contributed by atoms with van der Waals surface area (Å²) in [6.45, 7) is 8.44. The zero-order valence-electron chi connectivity index (χ0n) is 12.5. The van der Waals surface area contributed by atoms with E-state index in [1.165, 1.54) is 13.0 Å². The maximum atomic E-state index is 11.9. The molecular weight excluding hydrogens is 254 g/mol. The van der Waals surface area contributed by atoms with Gasteiger partial charge in [0.1, 0.15) is 5.75 Å². The van der Waals surface area contributed by atoms with Crippen molar-refractivity contribution in [3.05, 3.63) is 35.4 Å². The van der Waals surface area contributed by atoms with Gasteiger partial charge in [-0.25, -0.2) is 0 Å². The number of benzene rings is 1. The van der Waals surface area contributed by atoms with Crippen LogP contribution in [0.3, 0.4) is 0 Å². The van der Waals surface area contributed by atoms with Crippen LogP contribution in [0.4, 0.5) is 0 Å². The zero-order valence-corrected chi connectivity index (χ0v) is 12.5. The molecule has 0 fully saturated rings. The fourth-order valence-electron chi connectivity index (χ4n) is 1.89. The van der Waals surface area contributed by atoms with E-state index in [4.69, 9.17) is 4.74 Å². The van der Waals surface area contributed by atoms with Crippen molar-refractivity contribution < 1.29 is 14.3 Å². The van der Waals surface area contributed by atoms with Crippen molar-refractivity contribution in [3.63, 3.8) is 0 Å². The normalized spacial score (nSPS) is 10.6. The standard InChI is InChI=1S/C16H21NO3/c1-5-17(6-2)15(19)11-10-14-9-7-8-12(3)16(14)20-13(4)18/h7-11H,5-6H2,1-4H3/b11-10-. The molecule has 0 N–H and O–H groups in total. The Morgan fingerprint density at radius 2 is 1.90 bits per heavy atom. The highest BCUT2D eigenvalue weighted by molar-refractivity contribution is 5.92. The number of carbonyl (C=O) groups excluding carboxylic acids is 2. The van der Waals surface area contributed by atoms with Crippen LogP contribution in [0.1, 0.15) is 31.9 Å². The van der Waals surface area contributed by atoms with Crippen LogP contribution >= 0.6 is 0 Å². The highest BCUT2D eigenvalue weighted by Crippen LogP contribution is 2.24. The van der Waals surface area contributed by atoms with Crippen LogP contribution in [0.2, 0.25) is 0 Å². The molecule has 0 radical (unpaired) electrons. The lowest BCUT2D eigenvalue weighted by Gasteiger charge is -2.16. The summed E-state index contributed by atoms with van der Waals surface area (Å²) in [4.78, 5) is 24.8. The Balaban J connectivity index is 3.00. The minimum absolute atomic E-state index is 0.0507. The summed E-state index contributed by atoms with van der Waals surface area (Å²) >= 11 is 0. The van der Waals surface area contributed by atoms with Gasteiger partial charge in [0.2, 0.25) is 5.91 Å². The second-order valence-corrected chi connectivity index (χ2v) is 4.43. The third-order valence-corrected chi connectivity index (χ3v) is 2.97. The van der Waals surface area contributed by atoms with Gasteiger partial charge in [-0.15, -0.1) is 0 Å². The topological polar surface area (TPSA) is 46.6 Å². The number of likely N-dealkylation sites (N-methyl/N-ethyl adjacent to an activating group) is 1. The number of hydrogen-bond donors (Lipinski definition) is 0. The molecule has 0 unspecified atom stereocenters. The maximum absolute atomic E-state index is 11.9. The zero-order chi connectivity index (χ0) is 15.1. The molecule has 0 aliphatic carbocycles. The van der Waals surface area contributed by atoms with Gasteiger partial charge in [0.25, 0.3) is 0 Å². The van der Waals surface area contributed by atoms with Crippen molar-refractivity contribution >= 4 is 18.0 Å². The molecule has 1 aromatic carbocycles. The summed E-state index contributed by atoms with van der Waals surface area (Å²) in [5.41, 5.74) is 1.58. The van der Waals surface area contributed by atoms with Gasteiger partial charge in [-0.1, -0.05) is 18.2 Å². The average Bonchev–Trinajstić information content (AvgIpc) is 2.40. The van der Waals surface area contributed by atoms with Crippen LogP contribution in [0.15, 0.2) is 24.3 Å². The molecule has 0 bridgehead atoms. The quantitative estimate of drug-likeness (QED) is 0.471. The summed E-state index contributed by atoms with van der Waals surface area (Å²) in [5.74, 6) is 0.0814. The monoisotopic (exact) mass is 275 g/mol. The summed E-state index contributed by atoms with van der Waals surface area (Å²) in [6, 6.07) is 5.54. The van der Waals surface area contributed by atoms with Gasteiger partial charge in [-0.05, 0) is 32.4 Å². The molecule has 1 amide bonds. The first-order valence-electron chi connectivity index (χ1n) is 6.74. The van der Waals surface area contributed by atoms with Crippen molar-refractivity contribution in [2.24, 2.45) is 0 Å². The average molecular weight is 275 g/mol. The molecule has 0 aliphatic heterocycles. The number of rotatable bonds is 5. The van der Waals surface area contributed by atoms with E-state index in [1.54, 1.807) is 11.0 Å². The van der Waals surface area contributed by atoms with E-state index in [1.807, 2.05) is 39.0 Å². The smallest absolute Gasteiger partial charge is 0.308 e. The largest absolute Gasteiger partial charge is 0.426 e. The first kappa shape index (κ1) is 16.0. The minimum atomic E-state index is -0.371. The second kappa shape index (κ2) is 7.48. The molecule has 0 heterocycles. The Bertz CT molecular complexity index is 516. The van der Waals surface area contributed by atoms with Gasteiger partial charge in [0.15, 0.2) is 0 Å². The lowest BCUT2D eigenvalue weighted by Crippen LogP contribution is -2.28. The predicted octanol–water partition coefficient (Wildman–Crippen LogP) is 2.80. The molecule has 20 heavy (non-hydrogen) atoms. The fourth-order valence-corrected chi connectivity index (χ4v) is 1.89. The number of amides is 1. The lowest BCUT2D eigenvalue weighted by atomic mass is 10.1. The van der Waals surface area contributed by atoms with Gasteiger partial charge < -0.3 is 9.64 Å². The van der Waals surface area contributed by atoms with Crippen LogP contribution in [0, 0.1) is 6.92 Å². The van der Waals surface area contributed by atoms with Crippen molar-refractivity contribution in [3.8, 4) is 5.75 Å². The van der Waals surface area contributed by atoms with Gasteiger partial charge in [-0.3, -0.25) is 9.59 Å². The van der Waals surface area contributed by atoms with Gasteiger partial charge in [0, 0.05) is 31.7 Å². The Labute approximate surface area is 120 Å². The van der Waals surface area contributed by atoms with Crippen molar-refractivity contribution in [2.75, 3.05) is 13.1 Å². The molecule has 1 aromatic rings. The number of hydrogen-bond acceptors (Lipinski definition) is 3. The summed E-state index contributed by atoms with van der Waals surface area (Å²) in [6.07, 6.45) is 3.20. The Hall–Kier alpha value is -2.10. The Morgan fingerprint density at radius 3 is 2.45 bits per heavy atom. The van der Waals surface area contributed by atoms with Crippen molar-refractivity contribution in [2.45, 2.75) is 27.7 Å². The molecule has 108 valence electrons. The Kier molecular flexibility index (Phi) is 5.97. The number of nitrogens with zero attached hydrogens (tertiary/aromatic N) is 1. The predicted molar refractivity (Wildman–Crippen MR) is 79.5 cm³/mol. The highest BCUT2D eigenvalue weighted by Gasteiger charge is 2.09. The van der Waals surface area contributed by atoms with E-state index >= 15 is 0 Å². The molecule has 4 nitrogen and oxygen atoms in total. The molecule has 0 saturated heterocycles. The van der Waals surface area contributed by atoms with E-state index in [9.17, 15) is 9.59 Å². The van der Waals surface area contributed by atoms with Crippen LogP contribution in [-0.4, -0.2) is 29.9 Å². The molecule has 0 atom stereocenters. The molecule has 4 heteroatoms. The molecule has 0 saturated carbocycles. The highest BCUT2D eigenvalue weighted by atomic mass is 16.5. The molecule has 0 aliphatic rings. The van der Waals surface area contributed by atoms with Crippen LogP contribution in [0.5, 0.6) is 5.75 Å². The van der Waals surface area contributed by atoms with Gasteiger partial charge in [-0.2, -0.15) is 0 Å². The van der Waals surface area contributed by atoms with E-state index in [0.717, 1.165) is 11.1 Å². The second-order valence-electron chi connectivity index (χ2n) is 4.43. The van der Waals surface area contributed by atoms with Gasteiger partial charge >= 0.3 is 5.97 Å². The molecular formula is C16H21NO3. The maximum Gasteiger partial charge on any atom is 0.308 e. The summed E-state index contributed by atoms with van der Waals surface area (Å²) in [7, 11) is 0. The third-order valence-electron chi connectivity index (χ3n) is 2.97. The number of para-hydroxylation sites is 1. The number of ether oxygens (including phenoxy) is 1. The molecule has 1 rings (SSSR count). The number of carbonyl (C=O) groups is 2. The fraction of sp³-hybridized carbons (Fsp3) is 0.375. The first-order chi connectivity index (χ1) is 9.49. The van der Waals surface area contributed by atoms with E-state index in [0.29, 0.717) is 18.8 Å². The molecule has 0 aromatic heterocycles.